The summed E-state index contributed by atoms with van der Waals surface area (Å²) in [6, 6.07) is 86.1. The van der Waals surface area contributed by atoms with Crippen molar-refractivity contribution in [3.05, 3.63) is 237 Å². The summed E-state index contributed by atoms with van der Waals surface area (Å²) in [6.45, 7) is 0. The highest BCUT2D eigenvalue weighted by Crippen LogP contribution is 2.43. The molecule has 282 valence electrons. The van der Waals surface area contributed by atoms with E-state index in [2.05, 4.69) is 241 Å². The Morgan fingerprint density at radius 1 is 0.267 bits per heavy atom. The van der Waals surface area contributed by atoms with Crippen molar-refractivity contribution >= 4 is 59.3 Å². The number of benzene rings is 10. The maximum Gasteiger partial charge on any atom is 0.0467 e. The zero-order chi connectivity index (χ0) is 39.8. The molecule has 1 heterocycles. The second-order valence-corrected chi connectivity index (χ2v) is 16.4. The molecule has 0 bridgehead atoms. The molecule has 11 rings (SSSR count). The van der Waals surface area contributed by atoms with Crippen LogP contribution in [0.3, 0.4) is 0 Å². The maximum absolute atomic E-state index is 2.38. The summed E-state index contributed by atoms with van der Waals surface area (Å²) < 4.78 is 2.65. The molecule has 0 N–H and O–H groups in total. The molecule has 1 nitrogen and oxygen atoms in total. The molecule has 11 aromatic rings. The molecule has 0 saturated carbocycles. The van der Waals surface area contributed by atoms with Gasteiger partial charge in [0.1, 0.15) is 0 Å². The quantitative estimate of drug-likeness (QED) is 0.148. The fraction of sp³-hybridized carbons (Fsp3) is 0. The van der Waals surface area contributed by atoms with E-state index in [0.717, 1.165) is 17.1 Å². The van der Waals surface area contributed by atoms with Crippen molar-refractivity contribution in [2.75, 3.05) is 4.90 Å². The molecule has 60 heavy (non-hydrogen) atoms. The van der Waals surface area contributed by atoms with Gasteiger partial charge in [-0.05, 0) is 121 Å². The van der Waals surface area contributed by atoms with Gasteiger partial charge in [0.15, 0.2) is 0 Å². The van der Waals surface area contributed by atoms with Crippen molar-refractivity contribution < 1.29 is 0 Å². The van der Waals surface area contributed by atoms with Gasteiger partial charge in [0.05, 0.1) is 0 Å². The van der Waals surface area contributed by atoms with Gasteiger partial charge in [-0.3, -0.25) is 0 Å². The first-order valence-corrected chi connectivity index (χ1v) is 21.3. The number of hydrogen-bond acceptors (Lipinski definition) is 2. The zero-order valence-corrected chi connectivity index (χ0v) is 33.7. The molecule has 0 atom stereocenters. The highest BCUT2D eigenvalue weighted by molar-refractivity contribution is 7.26. The predicted octanol–water partition coefficient (Wildman–Crippen LogP) is 17.0. The largest absolute Gasteiger partial charge is 0.310 e. The average molecular weight is 782 g/mol. The van der Waals surface area contributed by atoms with Gasteiger partial charge in [-0.1, -0.05) is 182 Å². The van der Waals surface area contributed by atoms with Crippen LogP contribution in [0.2, 0.25) is 0 Å². The molecule has 0 unspecified atom stereocenters. The Labute approximate surface area is 354 Å². The van der Waals surface area contributed by atoms with E-state index >= 15 is 0 Å². The Morgan fingerprint density at radius 3 is 1.52 bits per heavy atom. The number of thiophene rings is 1. The lowest BCUT2D eigenvalue weighted by molar-refractivity contribution is 1.28. The Balaban J connectivity index is 0.992. The van der Waals surface area contributed by atoms with Crippen LogP contribution in [-0.4, -0.2) is 0 Å². The molecule has 0 saturated heterocycles. The first kappa shape index (κ1) is 35.6. The van der Waals surface area contributed by atoms with Gasteiger partial charge in [0.25, 0.3) is 0 Å². The van der Waals surface area contributed by atoms with Crippen LogP contribution in [0.1, 0.15) is 0 Å². The first-order valence-electron chi connectivity index (χ1n) is 20.5. The summed E-state index contributed by atoms with van der Waals surface area (Å²) in [7, 11) is 0. The van der Waals surface area contributed by atoms with Crippen molar-refractivity contribution in [2.24, 2.45) is 0 Å². The van der Waals surface area contributed by atoms with E-state index in [1.807, 2.05) is 11.3 Å². The van der Waals surface area contributed by atoms with E-state index in [4.69, 9.17) is 0 Å². The number of hydrogen-bond donors (Lipinski definition) is 0. The van der Waals surface area contributed by atoms with Gasteiger partial charge in [-0.15, -0.1) is 11.3 Å². The predicted molar refractivity (Wildman–Crippen MR) is 259 cm³/mol. The molecule has 1 aromatic heterocycles. The lowest BCUT2D eigenvalue weighted by Crippen LogP contribution is -2.10. The molecular formula is C58H39NS. The maximum atomic E-state index is 2.38. The van der Waals surface area contributed by atoms with Crippen LogP contribution in [-0.2, 0) is 0 Å². The molecular weight excluding hydrogens is 743 g/mol. The van der Waals surface area contributed by atoms with Crippen LogP contribution in [0.25, 0.3) is 86.6 Å². The van der Waals surface area contributed by atoms with E-state index in [1.165, 1.54) is 86.6 Å². The fourth-order valence-electron chi connectivity index (χ4n) is 8.69. The Kier molecular flexibility index (Phi) is 9.11. The number of rotatable bonds is 8. The van der Waals surface area contributed by atoms with Gasteiger partial charge >= 0.3 is 0 Å². The van der Waals surface area contributed by atoms with Crippen molar-refractivity contribution in [2.45, 2.75) is 0 Å². The fourth-order valence-corrected chi connectivity index (χ4v) is 9.93. The minimum Gasteiger partial charge on any atom is -0.310 e. The normalized spacial score (nSPS) is 11.3. The van der Waals surface area contributed by atoms with E-state index in [0.29, 0.717) is 0 Å². The van der Waals surface area contributed by atoms with E-state index in [1.54, 1.807) is 0 Å². The topological polar surface area (TPSA) is 3.24 Å². The Morgan fingerprint density at radius 2 is 0.750 bits per heavy atom. The van der Waals surface area contributed by atoms with Crippen LogP contribution >= 0.6 is 11.3 Å². The minimum atomic E-state index is 1.10. The summed E-state index contributed by atoms with van der Waals surface area (Å²) in [5.74, 6) is 0. The molecule has 0 radical (unpaired) electrons. The smallest absolute Gasteiger partial charge is 0.0467 e. The molecule has 10 aromatic carbocycles. The number of anilines is 3. The van der Waals surface area contributed by atoms with Crippen molar-refractivity contribution in [1.82, 2.24) is 0 Å². The minimum absolute atomic E-state index is 1.10. The summed E-state index contributed by atoms with van der Waals surface area (Å²) >= 11 is 1.88. The first-order chi connectivity index (χ1) is 29.7. The molecule has 2 heteroatoms. The third-order valence-electron chi connectivity index (χ3n) is 11.7. The summed E-state index contributed by atoms with van der Waals surface area (Å²) in [5.41, 5.74) is 15.4. The molecule has 0 fully saturated rings. The lowest BCUT2D eigenvalue weighted by atomic mass is 9.95. The third kappa shape index (κ3) is 6.63. The van der Waals surface area contributed by atoms with Crippen LogP contribution in [0.5, 0.6) is 0 Å². The molecule has 0 amide bonds. The molecule has 0 spiro atoms. The van der Waals surface area contributed by atoms with Crippen LogP contribution in [0.4, 0.5) is 17.1 Å². The van der Waals surface area contributed by atoms with Crippen molar-refractivity contribution in [3.8, 4) is 55.6 Å². The lowest BCUT2D eigenvalue weighted by Gasteiger charge is -2.26. The van der Waals surface area contributed by atoms with E-state index in [9.17, 15) is 0 Å². The molecule has 0 aliphatic rings. The SMILES string of the molecule is c1ccc(-c2cccc(-c3ccc(N(c4ccc(-c5cccc6c5sc5ccccc56)cc4)c4cccc(-c5cccc(-c6cccc7ccccc67)c5)c4)cc3)c2)cc1. The number of fused-ring (bicyclic) bond motifs is 4. The molecule has 0 aliphatic heterocycles. The molecule has 0 aliphatic carbocycles. The third-order valence-corrected chi connectivity index (χ3v) is 12.9. The standard InChI is InChI=1S/C58H39NS/c1-2-13-40(14-3-1)44-17-8-18-45(37-44)41-29-33-49(34-30-41)59(50-35-31-43(32-36-50)54-26-12-27-56-55-24-6-7-28-57(55)60-58(54)56)51-22-10-20-47(39-51)46-19-9-21-48(38-46)53-25-11-16-42-15-4-5-23-52(42)53/h1-39H. The van der Waals surface area contributed by atoms with E-state index < -0.39 is 0 Å². The zero-order valence-electron chi connectivity index (χ0n) is 32.9. The average Bonchev–Trinajstić information content (AvgIpc) is 3.72. The van der Waals surface area contributed by atoms with Gasteiger partial charge in [0, 0.05) is 37.2 Å². The summed E-state index contributed by atoms with van der Waals surface area (Å²) in [6.07, 6.45) is 0. The number of nitrogens with zero attached hydrogens (tertiary/aromatic N) is 1. The Hall–Kier alpha value is -7.52. The van der Waals surface area contributed by atoms with Crippen molar-refractivity contribution in [1.29, 1.82) is 0 Å². The highest BCUT2D eigenvalue weighted by Gasteiger charge is 2.16. The summed E-state index contributed by atoms with van der Waals surface area (Å²) in [5, 5.41) is 5.15. The van der Waals surface area contributed by atoms with Gasteiger partial charge in [-0.2, -0.15) is 0 Å². The van der Waals surface area contributed by atoms with Crippen LogP contribution in [0.15, 0.2) is 237 Å². The van der Waals surface area contributed by atoms with Crippen LogP contribution < -0.4 is 4.90 Å². The Bertz CT molecular complexity index is 3300. The van der Waals surface area contributed by atoms with Gasteiger partial charge in [-0.25, -0.2) is 0 Å². The van der Waals surface area contributed by atoms with Gasteiger partial charge < -0.3 is 4.90 Å². The van der Waals surface area contributed by atoms with Crippen molar-refractivity contribution in [3.63, 3.8) is 0 Å². The van der Waals surface area contributed by atoms with Crippen LogP contribution in [0, 0.1) is 0 Å². The second kappa shape index (κ2) is 15.3. The van der Waals surface area contributed by atoms with E-state index in [-0.39, 0.29) is 0 Å². The monoisotopic (exact) mass is 781 g/mol. The second-order valence-electron chi connectivity index (χ2n) is 15.3. The van der Waals surface area contributed by atoms with Gasteiger partial charge in [0.2, 0.25) is 0 Å². The summed E-state index contributed by atoms with van der Waals surface area (Å²) in [4.78, 5) is 2.38. The highest BCUT2D eigenvalue weighted by atomic mass is 32.1.